The minimum atomic E-state index is 0.322. The summed E-state index contributed by atoms with van der Waals surface area (Å²) in [6.07, 6.45) is 9.82. The Morgan fingerprint density at radius 1 is 1.04 bits per heavy atom. The summed E-state index contributed by atoms with van der Waals surface area (Å²) >= 11 is 9.55. The quantitative estimate of drug-likeness (QED) is 0.560. The van der Waals surface area contributed by atoms with E-state index in [9.17, 15) is 0 Å². The maximum Gasteiger partial charge on any atom is 0.138 e. The van der Waals surface area contributed by atoms with Crippen LogP contribution in [0.15, 0.2) is 16.7 Å². The molecular formula is C19H25BrClNO. The molecule has 0 unspecified atom stereocenters. The van der Waals surface area contributed by atoms with Crippen molar-refractivity contribution in [2.45, 2.75) is 59.3 Å². The van der Waals surface area contributed by atoms with Gasteiger partial charge in [-0.15, -0.1) is 0 Å². The zero-order chi connectivity index (χ0) is 16.5. The first-order chi connectivity index (χ1) is 10.6. The summed E-state index contributed by atoms with van der Waals surface area (Å²) in [4.78, 5) is 4.09. The van der Waals surface area contributed by atoms with Crippen LogP contribution < -0.4 is 4.74 Å². The number of rotatable bonds is 3. The van der Waals surface area contributed by atoms with Crippen LogP contribution >= 0.6 is 27.5 Å². The Kier molecular flexibility index (Phi) is 3.44. The third-order valence-electron chi connectivity index (χ3n) is 6.29. The van der Waals surface area contributed by atoms with Gasteiger partial charge in [-0.2, -0.15) is 0 Å². The second kappa shape index (κ2) is 4.88. The summed E-state index contributed by atoms with van der Waals surface area (Å²) < 4.78 is 7.15. The smallest absolute Gasteiger partial charge is 0.138 e. The van der Waals surface area contributed by atoms with Gasteiger partial charge in [0.2, 0.25) is 0 Å². The van der Waals surface area contributed by atoms with Crippen molar-refractivity contribution in [3.8, 4) is 5.75 Å². The monoisotopic (exact) mass is 397 g/mol. The highest BCUT2D eigenvalue weighted by Crippen LogP contribution is 2.73. The largest absolute Gasteiger partial charge is 0.492 e. The predicted octanol–water partition coefficient (Wildman–Crippen LogP) is 6.26. The first-order valence-electron chi connectivity index (χ1n) is 8.56. The summed E-state index contributed by atoms with van der Waals surface area (Å²) in [6, 6.07) is 1.82. The molecule has 0 amide bonds. The van der Waals surface area contributed by atoms with Crippen molar-refractivity contribution in [3.05, 3.63) is 21.9 Å². The van der Waals surface area contributed by atoms with Crippen LogP contribution in [0.3, 0.4) is 0 Å². The fraction of sp³-hybridized carbons (Fsp3) is 0.737. The molecule has 0 aromatic carbocycles. The Labute approximate surface area is 152 Å². The maximum absolute atomic E-state index is 6.27. The summed E-state index contributed by atoms with van der Waals surface area (Å²) in [7, 11) is 0. The third kappa shape index (κ3) is 2.82. The Bertz CT molecular complexity index is 607. The molecule has 0 radical (unpaired) electrons. The SMILES string of the molecule is CC12CC3(C)CC(C)(C1)CC(COc1cc(Cl)ncc1Br)(C2)C3. The maximum atomic E-state index is 6.27. The van der Waals surface area contributed by atoms with Crippen LogP contribution in [-0.4, -0.2) is 11.6 Å². The van der Waals surface area contributed by atoms with Gasteiger partial charge in [0.1, 0.15) is 10.9 Å². The van der Waals surface area contributed by atoms with E-state index in [1.165, 1.54) is 38.5 Å². The van der Waals surface area contributed by atoms with Crippen molar-refractivity contribution in [2.75, 3.05) is 6.61 Å². The minimum Gasteiger partial charge on any atom is -0.492 e. The molecule has 0 saturated heterocycles. The molecule has 1 heterocycles. The molecule has 4 aliphatic carbocycles. The lowest BCUT2D eigenvalue weighted by Gasteiger charge is -2.69. The van der Waals surface area contributed by atoms with Crippen molar-refractivity contribution in [1.82, 2.24) is 4.98 Å². The second-order valence-electron chi connectivity index (χ2n) is 9.72. The van der Waals surface area contributed by atoms with E-state index in [2.05, 4.69) is 41.7 Å². The third-order valence-corrected chi connectivity index (χ3v) is 7.09. The number of ether oxygens (including phenoxy) is 1. The van der Waals surface area contributed by atoms with Crippen LogP contribution in [-0.2, 0) is 0 Å². The highest BCUT2D eigenvalue weighted by molar-refractivity contribution is 9.10. The van der Waals surface area contributed by atoms with Gasteiger partial charge in [-0.05, 0) is 70.7 Å². The lowest BCUT2D eigenvalue weighted by atomic mass is 9.36. The van der Waals surface area contributed by atoms with Crippen molar-refractivity contribution in [2.24, 2.45) is 21.7 Å². The van der Waals surface area contributed by atoms with Gasteiger partial charge >= 0.3 is 0 Å². The molecule has 0 spiro atoms. The van der Waals surface area contributed by atoms with E-state index in [0.29, 0.717) is 26.8 Å². The number of hydrogen-bond acceptors (Lipinski definition) is 2. The molecular weight excluding hydrogens is 374 g/mol. The summed E-state index contributed by atoms with van der Waals surface area (Å²) in [5, 5.41) is 0.486. The number of hydrogen-bond donors (Lipinski definition) is 0. The van der Waals surface area contributed by atoms with E-state index >= 15 is 0 Å². The van der Waals surface area contributed by atoms with Crippen molar-refractivity contribution in [3.63, 3.8) is 0 Å². The van der Waals surface area contributed by atoms with Crippen molar-refractivity contribution < 1.29 is 4.74 Å². The van der Waals surface area contributed by atoms with Gasteiger partial charge in [0.25, 0.3) is 0 Å². The fourth-order valence-corrected chi connectivity index (χ4v) is 7.93. The van der Waals surface area contributed by atoms with Gasteiger partial charge in [0.15, 0.2) is 0 Å². The van der Waals surface area contributed by atoms with Gasteiger partial charge in [0.05, 0.1) is 11.1 Å². The average molecular weight is 399 g/mol. The van der Waals surface area contributed by atoms with E-state index in [4.69, 9.17) is 16.3 Å². The molecule has 4 aliphatic rings. The van der Waals surface area contributed by atoms with E-state index < -0.39 is 0 Å². The van der Waals surface area contributed by atoms with Gasteiger partial charge in [-0.25, -0.2) is 4.98 Å². The minimum absolute atomic E-state index is 0.322. The zero-order valence-corrected chi connectivity index (χ0v) is 16.6. The highest BCUT2D eigenvalue weighted by Gasteiger charge is 2.64. The Morgan fingerprint density at radius 3 is 2.09 bits per heavy atom. The topological polar surface area (TPSA) is 22.1 Å². The molecule has 4 bridgehead atoms. The lowest BCUT2D eigenvalue weighted by Crippen LogP contribution is -2.60. The van der Waals surface area contributed by atoms with Gasteiger partial charge in [-0.1, -0.05) is 32.4 Å². The zero-order valence-electron chi connectivity index (χ0n) is 14.2. The van der Waals surface area contributed by atoms with Crippen LogP contribution in [0, 0.1) is 21.7 Å². The number of aromatic nitrogens is 1. The summed E-state index contributed by atoms with van der Waals surface area (Å²) in [6.45, 7) is 8.32. The Hall–Kier alpha value is -0.280. The van der Waals surface area contributed by atoms with Crippen molar-refractivity contribution in [1.29, 1.82) is 0 Å². The van der Waals surface area contributed by atoms with E-state index in [1.807, 2.05) is 6.07 Å². The van der Waals surface area contributed by atoms with Gasteiger partial charge < -0.3 is 4.74 Å². The van der Waals surface area contributed by atoms with E-state index in [-0.39, 0.29) is 0 Å². The number of halogens is 2. The number of nitrogens with zero attached hydrogens (tertiary/aromatic N) is 1. The number of pyridine rings is 1. The average Bonchev–Trinajstić information content (AvgIpc) is 2.34. The van der Waals surface area contributed by atoms with Crippen molar-refractivity contribution >= 4 is 27.5 Å². The van der Waals surface area contributed by atoms with Crippen LogP contribution in [0.25, 0.3) is 0 Å². The fourth-order valence-electron chi connectivity index (χ4n) is 7.45. The second-order valence-corrected chi connectivity index (χ2v) is 11.0. The molecule has 1 aromatic heterocycles. The van der Waals surface area contributed by atoms with E-state index in [1.54, 1.807) is 6.20 Å². The molecule has 5 rings (SSSR count). The molecule has 23 heavy (non-hydrogen) atoms. The lowest BCUT2D eigenvalue weighted by molar-refractivity contribution is -0.192. The first kappa shape index (κ1) is 16.2. The highest BCUT2D eigenvalue weighted by atomic mass is 79.9. The Morgan fingerprint density at radius 2 is 1.57 bits per heavy atom. The molecule has 4 saturated carbocycles. The molecule has 2 nitrogen and oxygen atoms in total. The van der Waals surface area contributed by atoms with Crippen LogP contribution in [0.5, 0.6) is 5.75 Å². The molecule has 4 heteroatoms. The molecule has 126 valence electrons. The molecule has 4 fully saturated rings. The molecule has 0 N–H and O–H groups in total. The van der Waals surface area contributed by atoms with Crippen LogP contribution in [0.4, 0.5) is 0 Å². The summed E-state index contributed by atoms with van der Waals surface area (Å²) in [5.41, 5.74) is 1.81. The molecule has 1 aromatic rings. The van der Waals surface area contributed by atoms with Crippen LogP contribution in [0.2, 0.25) is 5.15 Å². The Balaban J connectivity index is 1.60. The van der Waals surface area contributed by atoms with Crippen LogP contribution in [0.1, 0.15) is 59.3 Å². The molecule has 0 atom stereocenters. The first-order valence-corrected chi connectivity index (χ1v) is 9.74. The standard InChI is InChI=1S/C19H25BrClNO/c1-16-6-17(2)8-18(3,7-16)11-19(9-16,10-17)12-23-14-4-15(21)22-5-13(14)20/h4-5H,6-12H2,1-3H3. The van der Waals surface area contributed by atoms with Gasteiger partial charge in [-0.3, -0.25) is 0 Å². The summed E-state index contributed by atoms with van der Waals surface area (Å²) in [5.74, 6) is 0.821. The van der Waals surface area contributed by atoms with Gasteiger partial charge in [0, 0.05) is 17.7 Å². The molecule has 0 aliphatic heterocycles. The van der Waals surface area contributed by atoms with E-state index in [0.717, 1.165) is 16.8 Å². The normalized spacial score (nSPS) is 44.6. The predicted molar refractivity (Wildman–Crippen MR) is 96.9 cm³/mol.